The van der Waals surface area contributed by atoms with E-state index in [1.165, 1.54) is 16.6 Å². The zero-order chi connectivity index (χ0) is 26.4. The third-order valence-corrected chi connectivity index (χ3v) is 8.43. The molecule has 4 aliphatic rings. The number of likely N-dealkylation sites (tertiary alicyclic amines) is 2. The summed E-state index contributed by atoms with van der Waals surface area (Å²) in [7, 11) is 1.42. The van der Waals surface area contributed by atoms with E-state index in [4.69, 9.17) is 0 Å². The van der Waals surface area contributed by atoms with Gasteiger partial charge in [-0.15, -0.1) is 5.10 Å². The van der Waals surface area contributed by atoms with Crippen LogP contribution in [-0.4, -0.2) is 80.5 Å². The van der Waals surface area contributed by atoms with Crippen LogP contribution in [0.5, 0.6) is 0 Å². The summed E-state index contributed by atoms with van der Waals surface area (Å²) in [5.74, 6) is -0.793. The van der Waals surface area contributed by atoms with Crippen LogP contribution in [0.2, 0.25) is 0 Å². The standard InChI is InChI=1S/C23H25F6N7O/c1-33(21(4-5-21)23(27,28)29)17-3-2-14(8-30-17)15-9-34(10-15)19(37)35-11-20(12-35)6-16(7-20)36-13-31-18(32-36)22(24,25)26/h2-3,8,13,15-16H,4-7,9-12H2,1H3. The molecule has 2 aromatic heterocycles. The second-order valence-corrected chi connectivity index (χ2v) is 10.9. The number of pyridine rings is 1. The summed E-state index contributed by atoms with van der Waals surface area (Å²) in [6, 6.07) is 3.16. The number of alkyl halides is 6. The Balaban J connectivity index is 0.970. The van der Waals surface area contributed by atoms with Gasteiger partial charge >= 0.3 is 18.4 Å². The van der Waals surface area contributed by atoms with Crippen molar-refractivity contribution in [3.8, 4) is 0 Å². The van der Waals surface area contributed by atoms with Crippen molar-refractivity contribution in [3.05, 3.63) is 36.0 Å². The second-order valence-electron chi connectivity index (χ2n) is 10.9. The minimum Gasteiger partial charge on any atom is -0.345 e. The number of anilines is 1. The van der Waals surface area contributed by atoms with Crippen LogP contribution >= 0.6 is 0 Å². The fraction of sp³-hybridized carbons (Fsp3) is 0.652. The number of amides is 2. The molecular weight excluding hydrogens is 504 g/mol. The molecule has 2 saturated heterocycles. The van der Waals surface area contributed by atoms with Gasteiger partial charge in [-0.2, -0.15) is 26.3 Å². The highest BCUT2D eigenvalue weighted by Crippen LogP contribution is 2.55. The molecule has 2 aromatic rings. The molecule has 6 rings (SSSR count). The minimum absolute atomic E-state index is 0.0635. The molecule has 37 heavy (non-hydrogen) atoms. The highest BCUT2D eigenvalue weighted by atomic mass is 19.4. The average Bonchev–Trinajstić information content (AvgIpc) is 3.41. The number of halogens is 6. The molecule has 0 atom stereocenters. The summed E-state index contributed by atoms with van der Waals surface area (Å²) in [5, 5.41) is 3.54. The maximum atomic E-state index is 13.4. The number of rotatable bonds is 4. The first kappa shape index (κ1) is 24.3. The van der Waals surface area contributed by atoms with Crippen LogP contribution in [0.3, 0.4) is 0 Å². The van der Waals surface area contributed by atoms with Gasteiger partial charge in [-0.1, -0.05) is 6.07 Å². The molecule has 0 bridgehead atoms. The van der Waals surface area contributed by atoms with Crippen LogP contribution in [0, 0.1) is 5.41 Å². The molecule has 0 N–H and O–H groups in total. The minimum atomic E-state index is -4.57. The molecule has 4 heterocycles. The van der Waals surface area contributed by atoms with Crippen molar-refractivity contribution in [2.75, 3.05) is 38.1 Å². The first-order valence-corrected chi connectivity index (χ1v) is 12.1. The number of urea groups is 1. The Kier molecular flexibility index (Phi) is 5.07. The normalized spacial score (nSPS) is 22.9. The molecule has 1 spiro atoms. The summed E-state index contributed by atoms with van der Waals surface area (Å²) in [4.78, 5) is 25.1. The highest BCUT2D eigenvalue weighted by molar-refractivity contribution is 5.77. The van der Waals surface area contributed by atoms with Gasteiger partial charge in [0.2, 0.25) is 0 Å². The van der Waals surface area contributed by atoms with E-state index in [-0.39, 0.29) is 42.1 Å². The lowest BCUT2D eigenvalue weighted by atomic mass is 9.61. The van der Waals surface area contributed by atoms with Gasteiger partial charge in [0.1, 0.15) is 17.7 Å². The van der Waals surface area contributed by atoms with Crippen molar-refractivity contribution in [2.24, 2.45) is 5.41 Å². The Morgan fingerprint density at radius 1 is 1.03 bits per heavy atom. The Bertz CT molecular complexity index is 1190. The monoisotopic (exact) mass is 529 g/mol. The van der Waals surface area contributed by atoms with Gasteiger partial charge in [-0.05, 0) is 37.3 Å². The molecule has 2 amide bonds. The van der Waals surface area contributed by atoms with Gasteiger partial charge in [0.25, 0.3) is 5.82 Å². The highest BCUT2D eigenvalue weighted by Gasteiger charge is 2.66. The molecule has 200 valence electrons. The summed E-state index contributed by atoms with van der Waals surface area (Å²) in [6.07, 6.45) is -4.73. The fourth-order valence-corrected chi connectivity index (χ4v) is 5.89. The number of carbonyl (C=O) groups is 1. The number of aromatic nitrogens is 4. The van der Waals surface area contributed by atoms with Crippen LogP contribution in [0.25, 0.3) is 0 Å². The Hall–Kier alpha value is -3.06. The molecule has 8 nitrogen and oxygen atoms in total. The van der Waals surface area contributed by atoms with E-state index < -0.39 is 23.7 Å². The number of hydrogen-bond donors (Lipinski definition) is 0. The van der Waals surface area contributed by atoms with E-state index in [1.807, 2.05) is 0 Å². The van der Waals surface area contributed by atoms with Crippen molar-refractivity contribution < 1.29 is 31.1 Å². The average molecular weight is 529 g/mol. The van der Waals surface area contributed by atoms with Crippen LogP contribution < -0.4 is 4.90 Å². The van der Waals surface area contributed by atoms with Gasteiger partial charge < -0.3 is 14.7 Å². The Morgan fingerprint density at radius 2 is 1.70 bits per heavy atom. The first-order valence-electron chi connectivity index (χ1n) is 12.1. The molecule has 14 heteroatoms. The SMILES string of the molecule is CN(c1ccc(C2CN(C(=O)N3CC4(CC(n5cnc(C(F)(F)F)n5)C4)C3)C2)cn1)C1(C(F)(F)F)CC1. The maximum absolute atomic E-state index is 13.4. The zero-order valence-corrected chi connectivity index (χ0v) is 19.9. The topological polar surface area (TPSA) is 70.4 Å². The molecule has 0 radical (unpaired) electrons. The summed E-state index contributed by atoms with van der Waals surface area (Å²) in [6.45, 7) is 2.14. The van der Waals surface area contributed by atoms with Crippen LogP contribution in [0.1, 0.15) is 49.0 Å². The Labute approximate surface area is 208 Å². The van der Waals surface area contributed by atoms with Gasteiger partial charge in [0.15, 0.2) is 0 Å². The predicted octanol–water partition coefficient (Wildman–Crippen LogP) is 4.08. The van der Waals surface area contributed by atoms with Gasteiger partial charge in [0.05, 0.1) is 6.04 Å². The van der Waals surface area contributed by atoms with Crippen molar-refractivity contribution in [1.82, 2.24) is 29.5 Å². The van der Waals surface area contributed by atoms with Gasteiger partial charge in [-0.3, -0.25) is 0 Å². The van der Waals surface area contributed by atoms with Crippen molar-refractivity contribution in [3.63, 3.8) is 0 Å². The summed E-state index contributed by atoms with van der Waals surface area (Å²) in [5.41, 5.74) is -1.01. The van der Waals surface area contributed by atoms with Crippen LogP contribution in [-0.2, 0) is 6.18 Å². The summed E-state index contributed by atoms with van der Waals surface area (Å²) < 4.78 is 79.5. The fourth-order valence-electron chi connectivity index (χ4n) is 5.89. The van der Waals surface area contributed by atoms with Crippen molar-refractivity contribution in [2.45, 2.75) is 55.5 Å². The van der Waals surface area contributed by atoms with Crippen LogP contribution in [0.15, 0.2) is 24.7 Å². The second kappa shape index (κ2) is 7.73. The molecular formula is C23H25F6N7O. The van der Waals surface area contributed by atoms with Crippen molar-refractivity contribution >= 4 is 11.8 Å². The molecule has 2 aliphatic heterocycles. The molecule has 2 saturated carbocycles. The van der Waals surface area contributed by atoms with E-state index >= 15 is 0 Å². The maximum Gasteiger partial charge on any atom is 0.453 e. The van der Waals surface area contributed by atoms with E-state index in [2.05, 4.69) is 15.1 Å². The van der Waals surface area contributed by atoms with E-state index in [1.54, 1.807) is 28.1 Å². The van der Waals surface area contributed by atoms with Crippen LogP contribution in [0.4, 0.5) is 37.0 Å². The summed E-state index contributed by atoms with van der Waals surface area (Å²) >= 11 is 0. The third-order valence-electron chi connectivity index (χ3n) is 8.43. The smallest absolute Gasteiger partial charge is 0.345 e. The zero-order valence-electron chi connectivity index (χ0n) is 19.9. The molecule has 0 aromatic carbocycles. The number of hydrogen-bond acceptors (Lipinski definition) is 5. The lowest BCUT2D eigenvalue weighted by Crippen LogP contribution is -2.67. The van der Waals surface area contributed by atoms with E-state index in [0.29, 0.717) is 39.0 Å². The van der Waals surface area contributed by atoms with E-state index in [9.17, 15) is 31.1 Å². The van der Waals surface area contributed by atoms with Gasteiger partial charge in [0, 0.05) is 50.8 Å². The quantitative estimate of drug-likeness (QED) is 0.559. The Morgan fingerprint density at radius 3 is 2.22 bits per heavy atom. The first-order chi connectivity index (χ1) is 17.3. The lowest BCUT2D eigenvalue weighted by Gasteiger charge is -2.60. The molecule has 2 aliphatic carbocycles. The molecule has 4 fully saturated rings. The predicted molar refractivity (Wildman–Crippen MR) is 118 cm³/mol. The number of carbonyl (C=O) groups excluding carboxylic acids is 1. The van der Waals surface area contributed by atoms with E-state index in [0.717, 1.165) is 11.9 Å². The van der Waals surface area contributed by atoms with Gasteiger partial charge in [-0.25, -0.2) is 19.4 Å². The largest absolute Gasteiger partial charge is 0.453 e. The lowest BCUT2D eigenvalue weighted by molar-refractivity contribution is -0.157. The third kappa shape index (κ3) is 3.90. The number of nitrogens with zero attached hydrogens (tertiary/aromatic N) is 7. The van der Waals surface area contributed by atoms with Crippen molar-refractivity contribution in [1.29, 1.82) is 0 Å². The molecule has 0 unspecified atom stereocenters.